The highest BCUT2D eigenvalue weighted by Gasteiger charge is 2.16. The van der Waals surface area contributed by atoms with Gasteiger partial charge in [0.15, 0.2) is 0 Å². The average molecular weight is 337 g/mol. The molecule has 1 aromatic heterocycles. The third kappa shape index (κ3) is 3.44. The van der Waals surface area contributed by atoms with Crippen LogP contribution in [0.2, 0.25) is 0 Å². The average Bonchev–Trinajstić information content (AvgIpc) is 2.48. The van der Waals surface area contributed by atoms with E-state index < -0.39 is 0 Å². The van der Waals surface area contributed by atoms with Crippen molar-refractivity contribution in [2.45, 2.75) is 25.8 Å². The molecule has 1 atom stereocenters. The highest BCUT2D eigenvalue weighted by molar-refractivity contribution is 9.10. The summed E-state index contributed by atoms with van der Waals surface area (Å²) in [7, 11) is 1.84. The fourth-order valence-electron chi connectivity index (χ4n) is 2.15. The van der Waals surface area contributed by atoms with Gasteiger partial charge in [-0.3, -0.25) is 4.98 Å². The van der Waals surface area contributed by atoms with Crippen LogP contribution in [0, 0.1) is 5.82 Å². The van der Waals surface area contributed by atoms with Crippen LogP contribution >= 0.6 is 15.9 Å². The number of hydrogen-bond acceptors (Lipinski definition) is 2. The predicted molar refractivity (Wildman–Crippen MR) is 83.2 cm³/mol. The van der Waals surface area contributed by atoms with E-state index in [1.54, 1.807) is 6.07 Å². The molecule has 1 heterocycles. The zero-order chi connectivity index (χ0) is 14.5. The predicted octanol–water partition coefficient (Wildman–Crippen LogP) is 4.05. The zero-order valence-electron chi connectivity index (χ0n) is 11.7. The first-order valence-corrected chi connectivity index (χ1v) is 7.50. The van der Waals surface area contributed by atoms with E-state index in [-0.39, 0.29) is 11.9 Å². The van der Waals surface area contributed by atoms with E-state index in [0.717, 1.165) is 12.1 Å². The van der Waals surface area contributed by atoms with Crippen LogP contribution in [0.1, 0.15) is 29.8 Å². The molecule has 0 spiro atoms. The first-order chi connectivity index (χ1) is 9.65. The van der Waals surface area contributed by atoms with Crippen LogP contribution in [0.4, 0.5) is 4.39 Å². The third-order valence-corrected chi connectivity index (χ3v) is 4.03. The minimum absolute atomic E-state index is 0.0903. The molecule has 0 amide bonds. The summed E-state index contributed by atoms with van der Waals surface area (Å²) in [5.41, 5.74) is 2.83. The molecular formula is C16H18BrFN2. The van der Waals surface area contributed by atoms with Gasteiger partial charge in [0.1, 0.15) is 5.82 Å². The largest absolute Gasteiger partial charge is 0.313 e. The topological polar surface area (TPSA) is 24.9 Å². The van der Waals surface area contributed by atoms with Crippen LogP contribution in [0.25, 0.3) is 0 Å². The maximum Gasteiger partial charge on any atom is 0.142 e. The van der Waals surface area contributed by atoms with Gasteiger partial charge in [0, 0.05) is 29.9 Å². The summed E-state index contributed by atoms with van der Waals surface area (Å²) in [6, 6.07) is 9.36. The lowest BCUT2D eigenvalue weighted by Crippen LogP contribution is -2.20. The molecule has 0 saturated heterocycles. The van der Waals surface area contributed by atoms with Gasteiger partial charge in [0.2, 0.25) is 0 Å². The lowest BCUT2D eigenvalue weighted by atomic mass is 10.0. The van der Waals surface area contributed by atoms with Crippen LogP contribution in [0.15, 0.2) is 41.0 Å². The normalized spacial score (nSPS) is 12.4. The second-order valence-electron chi connectivity index (χ2n) is 4.70. The molecule has 20 heavy (non-hydrogen) atoms. The number of benzene rings is 1. The summed E-state index contributed by atoms with van der Waals surface area (Å²) in [6.45, 7) is 2.10. The smallest absolute Gasteiger partial charge is 0.142 e. The molecule has 1 aromatic carbocycles. The Balaban J connectivity index is 2.21. The second kappa shape index (κ2) is 6.95. The van der Waals surface area contributed by atoms with Crippen LogP contribution < -0.4 is 5.32 Å². The Morgan fingerprint density at radius 2 is 2.10 bits per heavy atom. The monoisotopic (exact) mass is 336 g/mol. The molecule has 1 unspecified atom stereocenters. The number of pyridine rings is 1. The highest BCUT2D eigenvalue weighted by Crippen LogP contribution is 2.25. The van der Waals surface area contributed by atoms with Crippen molar-refractivity contribution in [1.82, 2.24) is 10.3 Å². The summed E-state index contributed by atoms with van der Waals surface area (Å²) in [5.74, 6) is -0.211. The molecule has 0 radical (unpaired) electrons. The summed E-state index contributed by atoms with van der Waals surface area (Å²) < 4.78 is 14.6. The van der Waals surface area contributed by atoms with Crippen molar-refractivity contribution in [3.8, 4) is 0 Å². The Bertz CT molecular complexity index is 569. The first kappa shape index (κ1) is 15.1. The summed E-state index contributed by atoms with van der Waals surface area (Å²) >= 11 is 3.23. The number of likely N-dealkylation sites (N-methyl/N-ethyl adjacent to an activating group) is 1. The van der Waals surface area contributed by atoms with E-state index >= 15 is 0 Å². The highest BCUT2D eigenvalue weighted by atomic mass is 79.9. The van der Waals surface area contributed by atoms with E-state index in [1.165, 1.54) is 5.56 Å². The summed E-state index contributed by atoms with van der Waals surface area (Å²) in [4.78, 5) is 4.44. The summed E-state index contributed by atoms with van der Waals surface area (Å²) in [6.07, 6.45) is 3.52. The molecule has 0 aliphatic rings. The first-order valence-electron chi connectivity index (χ1n) is 6.70. The van der Waals surface area contributed by atoms with E-state index in [0.29, 0.717) is 16.5 Å². The number of rotatable bonds is 5. The van der Waals surface area contributed by atoms with Crippen molar-refractivity contribution in [2.75, 3.05) is 7.05 Å². The molecule has 0 aliphatic heterocycles. The molecule has 0 bridgehead atoms. The molecule has 1 N–H and O–H groups in total. The van der Waals surface area contributed by atoms with Gasteiger partial charge in [-0.1, -0.05) is 25.1 Å². The second-order valence-corrected chi connectivity index (χ2v) is 5.55. The quantitative estimate of drug-likeness (QED) is 0.890. The van der Waals surface area contributed by atoms with Crippen LogP contribution in [0.5, 0.6) is 0 Å². The van der Waals surface area contributed by atoms with Crippen molar-refractivity contribution in [1.29, 1.82) is 0 Å². The Hall–Kier alpha value is -1.26. The van der Waals surface area contributed by atoms with Gasteiger partial charge in [-0.05, 0) is 47.1 Å². The van der Waals surface area contributed by atoms with Crippen molar-refractivity contribution in [2.24, 2.45) is 0 Å². The minimum atomic E-state index is -0.211. The Kier molecular flexibility index (Phi) is 5.26. The van der Waals surface area contributed by atoms with Crippen LogP contribution in [0.3, 0.4) is 0 Å². The van der Waals surface area contributed by atoms with Crippen molar-refractivity contribution in [3.63, 3.8) is 0 Å². The minimum Gasteiger partial charge on any atom is -0.313 e. The van der Waals surface area contributed by atoms with Gasteiger partial charge in [-0.15, -0.1) is 0 Å². The van der Waals surface area contributed by atoms with E-state index in [1.807, 2.05) is 31.4 Å². The van der Waals surface area contributed by atoms with E-state index in [2.05, 4.69) is 39.2 Å². The third-order valence-electron chi connectivity index (χ3n) is 3.41. The molecule has 2 aromatic rings. The van der Waals surface area contributed by atoms with Gasteiger partial charge in [0.25, 0.3) is 0 Å². The zero-order valence-corrected chi connectivity index (χ0v) is 13.2. The van der Waals surface area contributed by atoms with Crippen molar-refractivity contribution < 1.29 is 4.39 Å². The van der Waals surface area contributed by atoms with Crippen molar-refractivity contribution >= 4 is 15.9 Å². The summed E-state index contributed by atoms with van der Waals surface area (Å²) in [5, 5.41) is 3.16. The number of aromatic nitrogens is 1. The van der Waals surface area contributed by atoms with Gasteiger partial charge >= 0.3 is 0 Å². The number of hydrogen-bond donors (Lipinski definition) is 1. The van der Waals surface area contributed by atoms with Crippen LogP contribution in [-0.2, 0) is 12.8 Å². The SMILES string of the molecule is CCc1ccc(CC(NC)c2cccc(Br)c2F)nc1. The lowest BCUT2D eigenvalue weighted by molar-refractivity contribution is 0.527. The standard InChI is InChI=1S/C16H18BrFN2/c1-3-11-7-8-12(20-10-11)9-15(19-2)13-5-4-6-14(17)16(13)18/h4-8,10,15,19H,3,9H2,1-2H3. The molecule has 2 nitrogen and oxygen atoms in total. The maximum atomic E-state index is 14.2. The van der Waals surface area contributed by atoms with E-state index in [9.17, 15) is 4.39 Å². The lowest BCUT2D eigenvalue weighted by Gasteiger charge is -2.17. The van der Waals surface area contributed by atoms with Crippen molar-refractivity contribution in [3.05, 3.63) is 63.6 Å². The maximum absolute atomic E-state index is 14.2. The van der Waals surface area contributed by atoms with Gasteiger partial charge in [0.05, 0.1) is 4.47 Å². The number of nitrogens with one attached hydrogen (secondary N) is 1. The Morgan fingerprint density at radius 3 is 2.70 bits per heavy atom. The molecule has 0 saturated carbocycles. The molecule has 0 fully saturated rings. The van der Waals surface area contributed by atoms with Gasteiger partial charge in [-0.2, -0.15) is 0 Å². The number of halogens is 2. The number of aryl methyl sites for hydroxylation is 1. The molecule has 0 aliphatic carbocycles. The molecule has 2 rings (SSSR count). The molecular weight excluding hydrogens is 319 g/mol. The van der Waals surface area contributed by atoms with E-state index in [4.69, 9.17) is 0 Å². The van der Waals surface area contributed by atoms with Gasteiger partial charge < -0.3 is 5.32 Å². The Morgan fingerprint density at radius 1 is 1.30 bits per heavy atom. The van der Waals surface area contributed by atoms with Crippen LogP contribution in [-0.4, -0.2) is 12.0 Å². The molecule has 106 valence electrons. The fourth-order valence-corrected chi connectivity index (χ4v) is 2.53. The Labute approximate surface area is 127 Å². The number of nitrogens with zero attached hydrogens (tertiary/aromatic N) is 1. The molecule has 4 heteroatoms. The van der Waals surface area contributed by atoms with Gasteiger partial charge in [-0.25, -0.2) is 4.39 Å². The fraction of sp³-hybridized carbons (Fsp3) is 0.312.